The van der Waals surface area contributed by atoms with Gasteiger partial charge >= 0.3 is 5.97 Å². The van der Waals surface area contributed by atoms with Crippen molar-refractivity contribution in [1.29, 1.82) is 0 Å². The molecule has 0 aliphatic heterocycles. The van der Waals surface area contributed by atoms with Crippen LogP contribution in [0, 0.1) is 5.82 Å². The van der Waals surface area contributed by atoms with Crippen LogP contribution in [0.3, 0.4) is 0 Å². The summed E-state index contributed by atoms with van der Waals surface area (Å²) in [6.45, 7) is 0. The molecule has 0 unspecified atom stereocenters. The Morgan fingerprint density at radius 2 is 2.20 bits per heavy atom. The molecule has 0 bridgehead atoms. The lowest BCUT2D eigenvalue weighted by atomic mass is 10.2. The molecule has 0 fully saturated rings. The Balaban J connectivity index is 2.33. The number of benzene rings is 1. The van der Waals surface area contributed by atoms with Crippen molar-refractivity contribution in [2.24, 2.45) is 0 Å². The lowest BCUT2D eigenvalue weighted by Gasteiger charge is -2.07. The molecule has 0 aliphatic rings. The largest absolute Gasteiger partial charge is 0.465 e. The van der Waals surface area contributed by atoms with Gasteiger partial charge in [-0.2, -0.15) is 0 Å². The van der Waals surface area contributed by atoms with E-state index in [9.17, 15) is 17.6 Å². The highest BCUT2D eigenvalue weighted by Gasteiger charge is 2.20. The summed E-state index contributed by atoms with van der Waals surface area (Å²) in [5, 5.41) is 1.76. The van der Waals surface area contributed by atoms with E-state index in [0.29, 0.717) is 0 Å². The number of methoxy groups -OCH3 is 1. The molecule has 20 heavy (non-hydrogen) atoms. The van der Waals surface area contributed by atoms with Crippen LogP contribution in [-0.2, 0) is 14.8 Å². The molecule has 0 radical (unpaired) electrons. The highest BCUT2D eigenvalue weighted by atomic mass is 32.2. The predicted molar refractivity (Wildman–Crippen MR) is 70.7 cm³/mol. The lowest BCUT2D eigenvalue weighted by molar-refractivity contribution is 0.0595. The van der Waals surface area contributed by atoms with E-state index in [1.807, 2.05) is 0 Å². The van der Waals surface area contributed by atoms with E-state index in [4.69, 9.17) is 0 Å². The number of hydrogen-bond donors (Lipinski definition) is 1. The number of esters is 1. The van der Waals surface area contributed by atoms with Crippen LogP contribution >= 0.6 is 11.3 Å². The van der Waals surface area contributed by atoms with E-state index in [2.05, 4.69) is 14.4 Å². The number of carbonyl (C=O) groups excluding carboxylic acids is 1. The molecule has 1 aromatic carbocycles. The topological polar surface area (TPSA) is 85.4 Å². The van der Waals surface area contributed by atoms with Gasteiger partial charge in [0.05, 0.1) is 17.6 Å². The molecule has 2 rings (SSSR count). The Morgan fingerprint density at radius 1 is 1.45 bits per heavy atom. The molecule has 0 spiro atoms. The van der Waals surface area contributed by atoms with Gasteiger partial charge in [-0.1, -0.05) is 0 Å². The molecule has 6 nitrogen and oxygen atoms in total. The lowest BCUT2D eigenvalue weighted by Crippen LogP contribution is -2.14. The van der Waals surface area contributed by atoms with Crippen LogP contribution in [0.5, 0.6) is 0 Å². The van der Waals surface area contributed by atoms with Crippen LogP contribution in [-0.4, -0.2) is 26.5 Å². The molecule has 106 valence electrons. The van der Waals surface area contributed by atoms with Crippen LogP contribution < -0.4 is 4.72 Å². The number of aromatic nitrogens is 1. The molecule has 0 amide bonds. The molecule has 1 heterocycles. The summed E-state index contributed by atoms with van der Waals surface area (Å²) in [6.07, 6.45) is 1.43. The van der Waals surface area contributed by atoms with Crippen LogP contribution in [0.25, 0.3) is 0 Å². The SMILES string of the molecule is COC(=O)c1ccc(S(=O)(=O)Nc2nccs2)cc1F. The third-order valence-corrected chi connectivity index (χ3v) is 4.46. The van der Waals surface area contributed by atoms with Gasteiger partial charge in [-0.3, -0.25) is 4.72 Å². The fraction of sp³-hybridized carbons (Fsp3) is 0.0909. The fourth-order valence-corrected chi connectivity index (χ4v) is 3.19. The number of nitrogens with zero attached hydrogens (tertiary/aromatic N) is 1. The van der Waals surface area contributed by atoms with Crippen molar-refractivity contribution < 1.29 is 22.3 Å². The number of anilines is 1. The Labute approximate surface area is 118 Å². The number of carbonyl (C=O) groups is 1. The van der Waals surface area contributed by atoms with Gasteiger partial charge in [0.15, 0.2) is 5.13 Å². The first-order valence-electron chi connectivity index (χ1n) is 5.24. The maximum absolute atomic E-state index is 13.7. The minimum atomic E-state index is -3.95. The second-order valence-electron chi connectivity index (χ2n) is 3.58. The fourth-order valence-electron chi connectivity index (χ4n) is 1.39. The van der Waals surface area contributed by atoms with E-state index < -0.39 is 21.8 Å². The number of thiazole rings is 1. The Morgan fingerprint density at radius 3 is 2.75 bits per heavy atom. The molecular weight excluding hydrogens is 307 g/mol. The van der Waals surface area contributed by atoms with Crippen LogP contribution in [0.4, 0.5) is 9.52 Å². The molecule has 0 aliphatic carbocycles. The van der Waals surface area contributed by atoms with Crippen LogP contribution in [0.2, 0.25) is 0 Å². The molecule has 1 aromatic heterocycles. The zero-order valence-corrected chi connectivity index (χ0v) is 11.8. The Hall–Kier alpha value is -2.00. The number of halogens is 1. The maximum Gasteiger partial charge on any atom is 0.340 e. The van der Waals surface area contributed by atoms with E-state index in [0.717, 1.165) is 36.6 Å². The minimum absolute atomic E-state index is 0.169. The predicted octanol–water partition coefficient (Wildman–Crippen LogP) is 1.87. The summed E-state index contributed by atoms with van der Waals surface area (Å²) >= 11 is 1.09. The van der Waals surface area contributed by atoms with Crippen molar-refractivity contribution in [2.45, 2.75) is 4.90 Å². The van der Waals surface area contributed by atoms with Crippen molar-refractivity contribution in [3.05, 3.63) is 41.2 Å². The van der Waals surface area contributed by atoms with Gasteiger partial charge in [-0.05, 0) is 18.2 Å². The molecule has 9 heteroatoms. The van der Waals surface area contributed by atoms with E-state index in [-0.39, 0.29) is 15.6 Å². The third kappa shape index (κ3) is 2.94. The van der Waals surface area contributed by atoms with Gasteiger partial charge in [0.2, 0.25) is 0 Å². The zero-order chi connectivity index (χ0) is 14.8. The highest BCUT2D eigenvalue weighted by molar-refractivity contribution is 7.93. The average molecular weight is 316 g/mol. The molecule has 0 saturated carbocycles. The van der Waals surface area contributed by atoms with Gasteiger partial charge in [0, 0.05) is 11.6 Å². The van der Waals surface area contributed by atoms with E-state index in [1.165, 1.54) is 6.20 Å². The second kappa shape index (κ2) is 5.55. The quantitative estimate of drug-likeness (QED) is 0.870. The summed E-state index contributed by atoms with van der Waals surface area (Å²) in [4.78, 5) is 14.7. The molecular formula is C11H9FN2O4S2. The monoisotopic (exact) mass is 316 g/mol. The zero-order valence-electron chi connectivity index (χ0n) is 10.2. The average Bonchev–Trinajstić information content (AvgIpc) is 2.89. The summed E-state index contributed by atoms with van der Waals surface area (Å²) < 4.78 is 44.2. The van der Waals surface area contributed by atoms with E-state index >= 15 is 0 Å². The highest BCUT2D eigenvalue weighted by Crippen LogP contribution is 2.20. The van der Waals surface area contributed by atoms with Gasteiger partial charge < -0.3 is 4.74 Å². The summed E-state index contributed by atoms with van der Waals surface area (Å²) in [5.74, 6) is -1.85. The number of nitrogens with one attached hydrogen (secondary N) is 1. The van der Waals surface area contributed by atoms with Gasteiger partial charge in [-0.15, -0.1) is 11.3 Å². The molecule has 1 N–H and O–H groups in total. The Bertz CT molecular complexity index is 729. The molecule has 0 saturated heterocycles. The van der Waals surface area contributed by atoms with Crippen LogP contribution in [0.1, 0.15) is 10.4 Å². The first-order chi connectivity index (χ1) is 9.44. The number of ether oxygens (including phenoxy) is 1. The first-order valence-corrected chi connectivity index (χ1v) is 7.60. The van der Waals surface area contributed by atoms with Crippen molar-refractivity contribution in [2.75, 3.05) is 11.8 Å². The number of rotatable bonds is 4. The normalized spacial score (nSPS) is 11.1. The number of sulfonamides is 1. The molecule has 0 atom stereocenters. The standard InChI is InChI=1S/C11H9FN2O4S2/c1-18-10(15)8-3-2-7(6-9(8)12)20(16,17)14-11-13-4-5-19-11/h2-6H,1H3,(H,13,14). The summed E-state index contributed by atoms with van der Waals surface area (Å²) in [7, 11) is -2.84. The summed E-state index contributed by atoms with van der Waals surface area (Å²) in [6, 6.07) is 2.92. The second-order valence-corrected chi connectivity index (χ2v) is 6.15. The number of hydrogen-bond acceptors (Lipinski definition) is 6. The smallest absolute Gasteiger partial charge is 0.340 e. The van der Waals surface area contributed by atoms with E-state index in [1.54, 1.807) is 5.38 Å². The Kier molecular flexibility index (Phi) is 4.00. The van der Waals surface area contributed by atoms with Gasteiger partial charge in [0.25, 0.3) is 10.0 Å². The maximum atomic E-state index is 13.7. The molecule has 2 aromatic rings. The van der Waals surface area contributed by atoms with Crippen molar-refractivity contribution in [1.82, 2.24) is 4.98 Å². The van der Waals surface area contributed by atoms with Crippen molar-refractivity contribution in [3.63, 3.8) is 0 Å². The van der Waals surface area contributed by atoms with Crippen LogP contribution in [0.15, 0.2) is 34.7 Å². The van der Waals surface area contributed by atoms with Crippen molar-refractivity contribution >= 4 is 32.5 Å². The van der Waals surface area contributed by atoms with Gasteiger partial charge in [-0.25, -0.2) is 22.6 Å². The third-order valence-electron chi connectivity index (χ3n) is 2.31. The van der Waals surface area contributed by atoms with Gasteiger partial charge in [0.1, 0.15) is 5.82 Å². The van der Waals surface area contributed by atoms with Crippen molar-refractivity contribution in [3.8, 4) is 0 Å². The minimum Gasteiger partial charge on any atom is -0.465 e. The first kappa shape index (κ1) is 14.4. The summed E-state index contributed by atoms with van der Waals surface area (Å²) in [5.41, 5.74) is -0.333.